The van der Waals surface area contributed by atoms with Gasteiger partial charge in [-0.1, -0.05) is 17.7 Å². The molecule has 86 valence electrons. The Balaban J connectivity index is 3.09. The Morgan fingerprint density at radius 1 is 1.62 bits per heavy atom. The van der Waals surface area contributed by atoms with Gasteiger partial charge in [0.25, 0.3) is 0 Å². The lowest BCUT2D eigenvalue weighted by molar-refractivity contribution is 0.201. The molecule has 0 radical (unpaired) electrons. The predicted octanol–water partition coefficient (Wildman–Crippen LogP) is 1.97. The fourth-order valence-electron chi connectivity index (χ4n) is 1.44. The molecule has 0 aliphatic rings. The fourth-order valence-corrected chi connectivity index (χ4v) is 1.71. The SMILES string of the molecule is CN(CCO)C(C#N)c1c(F)cccc1Cl. The summed E-state index contributed by atoms with van der Waals surface area (Å²) in [4.78, 5) is 1.55. The molecule has 1 rings (SSSR count). The minimum absolute atomic E-state index is 0.0965. The van der Waals surface area contributed by atoms with E-state index >= 15 is 0 Å². The first-order valence-electron chi connectivity index (χ1n) is 4.76. The van der Waals surface area contributed by atoms with Crippen molar-refractivity contribution in [2.75, 3.05) is 20.2 Å². The van der Waals surface area contributed by atoms with Crippen LogP contribution >= 0.6 is 11.6 Å². The molecule has 0 bridgehead atoms. The van der Waals surface area contributed by atoms with E-state index in [1.54, 1.807) is 11.9 Å². The van der Waals surface area contributed by atoms with E-state index in [1.807, 2.05) is 6.07 Å². The molecular formula is C11H12ClFN2O. The Hall–Kier alpha value is -1.15. The Morgan fingerprint density at radius 3 is 2.81 bits per heavy atom. The number of likely N-dealkylation sites (N-methyl/N-ethyl adjacent to an activating group) is 1. The van der Waals surface area contributed by atoms with Gasteiger partial charge in [0.05, 0.1) is 12.7 Å². The van der Waals surface area contributed by atoms with Crippen LogP contribution in [0.4, 0.5) is 4.39 Å². The maximum absolute atomic E-state index is 13.6. The van der Waals surface area contributed by atoms with Crippen LogP contribution in [0.3, 0.4) is 0 Å². The second kappa shape index (κ2) is 5.80. The first kappa shape index (κ1) is 12.9. The van der Waals surface area contributed by atoms with Crippen molar-refractivity contribution in [1.82, 2.24) is 4.90 Å². The summed E-state index contributed by atoms with van der Waals surface area (Å²) in [5.41, 5.74) is 0.155. The summed E-state index contributed by atoms with van der Waals surface area (Å²) >= 11 is 5.87. The number of aliphatic hydroxyl groups excluding tert-OH is 1. The highest BCUT2D eigenvalue weighted by Gasteiger charge is 2.22. The number of halogens is 2. The molecule has 16 heavy (non-hydrogen) atoms. The van der Waals surface area contributed by atoms with Crippen LogP contribution in [0.25, 0.3) is 0 Å². The Kier molecular flexibility index (Phi) is 4.69. The number of nitrogens with zero attached hydrogens (tertiary/aromatic N) is 2. The van der Waals surface area contributed by atoms with Crippen LogP contribution in [0.1, 0.15) is 11.6 Å². The highest BCUT2D eigenvalue weighted by atomic mass is 35.5. The number of benzene rings is 1. The van der Waals surface area contributed by atoms with E-state index in [-0.39, 0.29) is 23.7 Å². The van der Waals surface area contributed by atoms with Gasteiger partial charge in [-0.05, 0) is 19.2 Å². The van der Waals surface area contributed by atoms with Gasteiger partial charge in [0.15, 0.2) is 0 Å². The second-order valence-corrected chi connectivity index (χ2v) is 3.78. The largest absolute Gasteiger partial charge is 0.395 e. The average Bonchev–Trinajstić information content (AvgIpc) is 2.24. The normalized spacial score (nSPS) is 12.5. The van der Waals surface area contributed by atoms with Gasteiger partial charge in [0, 0.05) is 17.1 Å². The summed E-state index contributed by atoms with van der Waals surface area (Å²) in [6.45, 7) is 0.184. The van der Waals surface area contributed by atoms with E-state index in [2.05, 4.69) is 0 Å². The monoisotopic (exact) mass is 242 g/mol. The van der Waals surface area contributed by atoms with Gasteiger partial charge < -0.3 is 5.11 Å². The number of aliphatic hydroxyl groups is 1. The third-order valence-electron chi connectivity index (χ3n) is 2.29. The van der Waals surface area contributed by atoms with Crippen molar-refractivity contribution in [3.8, 4) is 6.07 Å². The minimum Gasteiger partial charge on any atom is -0.395 e. The number of rotatable bonds is 4. The summed E-state index contributed by atoms with van der Waals surface area (Å²) in [5, 5.41) is 18.0. The molecule has 1 aromatic rings. The van der Waals surface area contributed by atoms with Crippen LogP contribution in [0.2, 0.25) is 5.02 Å². The standard InChI is InChI=1S/C11H12ClFN2O/c1-15(5-6-16)10(7-14)11-8(12)3-2-4-9(11)13/h2-4,10,16H,5-6H2,1H3. The molecule has 1 N–H and O–H groups in total. The van der Waals surface area contributed by atoms with Crippen LogP contribution < -0.4 is 0 Å². The predicted molar refractivity (Wildman–Crippen MR) is 59.5 cm³/mol. The van der Waals surface area contributed by atoms with Crippen LogP contribution in [0.5, 0.6) is 0 Å². The molecule has 0 amide bonds. The second-order valence-electron chi connectivity index (χ2n) is 3.37. The third-order valence-corrected chi connectivity index (χ3v) is 2.62. The van der Waals surface area contributed by atoms with Gasteiger partial charge in [0.1, 0.15) is 11.9 Å². The quantitative estimate of drug-likeness (QED) is 0.878. The summed E-state index contributed by atoms with van der Waals surface area (Å²) in [5.74, 6) is -0.510. The summed E-state index contributed by atoms with van der Waals surface area (Å²) in [6.07, 6.45) is 0. The molecule has 0 fully saturated rings. The smallest absolute Gasteiger partial charge is 0.130 e. The van der Waals surface area contributed by atoms with Crippen molar-refractivity contribution < 1.29 is 9.50 Å². The Morgan fingerprint density at radius 2 is 2.31 bits per heavy atom. The molecule has 0 aliphatic heterocycles. The zero-order valence-corrected chi connectivity index (χ0v) is 9.58. The highest BCUT2D eigenvalue weighted by Crippen LogP contribution is 2.28. The summed E-state index contributed by atoms with van der Waals surface area (Å²) in [7, 11) is 1.63. The molecule has 3 nitrogen and oxygen atoms in total. The minimum atomic E-state index is -0.791. The molecule has 0 aromatic heterocycles. The summed E-state index contributed by atoms with van der Waals surface area (Å²) < 4.78 is 13.6. The molecule has 1 aromatic carbocycles. The van der Waals surface area contributed by atoms with Gasteiger partial charge in [-0.2, -0.15) is 5.26 Å². The molecule has 0 aliphatic carbocycles. The molecule has 0 saturated heterocycles. The molecule has 1 atom stereocenters. The topological polar surface area (TPSA) is 47.3 Å². The fraction of sp³-hybridized carbons (Fsp3) is 0.364. The first-order valence-corrected chi connectivity index (χ1v) is 5.14. The van der Waals surface area contributed by atoms with Gasteiger partial charge in [0.2, 0.25) is 0 Å². The van der Waals surface area contributed by atoms with Crippen LogP contribution in [0, 0.1) is 17.1 Å². The number of hydrogen-bond acceptors (Lipinski definition) is 3. The van der Waals surface area contributed by atoms with Crippen molar-refractivity contribution in [3.05, 3.63) is 34.6 Å². The van der Waals surface area contributed by atoms with Crippen molar-refractivity contribution in [1.29, 1.82) is 5.26 Å². The van der Waals surface area contributed by atoms with E-state index in [0.717, 1.165) is 0 Å². The zero-order valence-electron chi connectivity index (χ0n) is 8.82. The Labute approximate surface area is 98.7 Å². The highest BCUT2D eigenvalue weighted by molar-refractivity contribution is 6.31. The average molecular weight is 243 g/mol. The van der Waals surface area contributed by atoms with Crippen molar-refractivity contribution in [2.24, 2.45) is 0 Å². The molecular weight excluding hydrogens is 231 g/mol. The lowest BCUT2D eigenvalue weighted by atomic mass is 10.1. The van der Waals surface area contributed by atoms with E-state index in [9.17, 15) is 4.39 Å². The van der Waals surface area contributed by atoms with Crippen molar-refractivity contribution in [3.63, 3.8) is 0 Å². The number of hydrogen-bond donors (Lipinski definition) is 1. The summed E-state index contributed by atoms with van der Waals surface area (Å²) in [6, 6.07) is 5.47. The third kappa shape index (κ3) is 2.70. The van der Waals surface area contributed by atoms with E-state index in [1.165, 1.54) is 18.2 Å². The van der Waals surface area contributed by atoms with Gasteiger partial charge in [-0.15, -0.1) is 0 Å². The molecule has 0 spiro atoms. The molecule has 5 heteroatoms. The zero-order chi connectivity index (χ0) is 12.1. The lowest BCUT2D eigenvalue weighted by Crippen LogP contribution is -2.27. The van der Waals surface area contributed by atoms with Crippen LogP contribution in [-0.2, 0) is 0 Å². The molecule has 1 unspecified atom stereocenters. The van der Waals surface area contributed by atoms with Crippen LogP contribution in [-0.4, -0.2) is 30.2 Å². The first-order chi connectivity index (χ1) is 7.61. The maximum Gasteiger partial charge on any atom is 0.130 e. The molecule has 0 saturated carbocycles. The molecule has 0 heterocycles. The maximum atomic E-state index is 13.6. The van der Waals surface area contributed by atoms with Crippen LogP contribution in [0.15, 0.2) is 18.2 Å². The van der Waals surface area contributed by atoms with Gasteiger partial charge in [-0.3, -0.25) is 4.90 Å². The lowest BCUT2D eigenvalue weighted by Gasteiger charge is -2.22. The van der Waals surface area contributed by atoms with Crippen molar-refractivity contribution >= 4 is 11.6 Å². The van der Waals surface area contributed by atoms with Gasteiger partial charge in [-0.25, -0.2) is 4.39 Å². The van der Waals surface area contributed by atoms with E-state index < -0.39 is 11.9 Å². The Bertz CT molecular complexity index is 385. The van der Waals surface area contributed by atoms with Gasteiger partial charge >= 0.3 is 0 Å². The number of nitriles is 1. The van der Waals surface area contributed by atoms with E-state index in [4.69, 9.17) is 22.0 Å². The van der Waals surface area contributed by atoms with Crippen molar-refractivity contribution in [2.45, 2.75) is 6.04 Å². The van der Waals surface area contributed by atoms with E-state index in [0.29, 0.717) is 0 Å².